The molecule has 33 heavy (non-hydrogen) atoms. The molecule has 0 bridgehead atoms. The molecule has 1 aliphatic rings. The van der Waals surface area contributed by atoms with Gasteiger partial charge in [0.25, 0.3) is 5.91 Å². The van der Waals surface area contributed by atoms with Gasteiger partial charge in [0, 0.05) is 25.7 Å². The van der Waals surface area contributed by atoms with Crippen molar-refractivity contribution < 1.29 is 24.2 Å². The molecule has 0 aliphatic carbocycles. The molecule has 3 rings (SSSR count). The summed E-state index contributed by atoms with van der Waals surface area (Å²) < 4.78 is 11.0. The number of halogens is 2. The van der Waals surface area contributed by atoms with Crippen LogP contribution in [0.2, 0.25) is 10.0 Å². The number of ether oxygens (including phenoxy) is 2. The molecule has 2 aromatic rings. The predicted molar refractivity (Wildman–Crippen MR) is 129 cm³/mol. The standard InChI is InChI=1S/C25H27Cl2NO5/c1-32-16-25(12-14-33-15-13-25)18-10-8-17(9-11-18)4-2-7-21(24(30)31)28-23(29)22-19(26)5-3-6-20(22)27/h2-6,8-11,21H,7,12-16H2,1H3,(H,28,29)(H,30,31)/b4-2+. The van der Waals surface area contributed by atoms with E-state index < -0.39 is 17.9 Å². The van der Waals surface area contributed by atoms with Crippen molar-refractivity contribution in [3.63, 3.8) is 0 Å². The van der Waals surface area contributed by atoms with Crippen LogP contribution in [-0.4, -0.2) is 50.0 Å². The molecule has 0 saturated carbocycles. The number of methoxy groups -OCH3 is 1. The van der Waals surface area contributed by atoms with E-state index in [4.69, 9.17) is 32.7 Å². The van der Waals surface area contributed by atoms with Gasteiger partial charge in [0.05, 0.1) is 22.2 Å². The maximum absolute atomic E-state index is 12.5. The van der Waals surface area contributed by atoms with E-state index in [1.807, 2.05) is 18.2 Å². The molecule has 0 aromatic heterocycles. The van der Waals surface area contributed by atoms with Crippen molar-refractivity contribution in [3.05, 3.63) is 75.3 Å². The van der Waals surface area contributed by atoms with Crippen molar-refractivity contribution in [2.45, 2.75) is 30.7 Å². The van der Waals surface area contributed by atoms with Crippen LogP contribution in [-0.2, 0) is 19.7 Å². The minimum atomic E-state index is -1.15. The predicted octanol–water partition coefficient (Wildman–Crippen LogP) is 4.97. The first-order valence-corrected chi connectivity index (χ1v) is 11.4. The van der Waals surface area contributed by atoms with Gasteiger partial charge in [-0.05, 0) is 42.5 Å². The van der Waals surface area contributed by atoms with E-state index in [0.717, 1.165) is 18.4 Å². The van der Waals surface area contributed by atoms with Crippen molar-refractivity contribution in [3.8, 4) is 0 Å². The summed E-state index contributed by atoms with van der Waals surface area (Å²) in [6.45, 7) is 2.07. The summed E-state index contributed by atoms with van der Waals surface area (Å²) in [6, 6.07) is 11.7. The Morgan fingerprint density at radius 3 is 2.36 bits per heavy atom. The Balaban J connectivity index is 1.66. The first-order valence-electron chi connectivity index (χ1n) is 10.7. The largest absolute Gasteiger partial charge is 0.480 e. The summed E-state index contributed by atoms with van der Waals surface area (Å²) in [5.74, 6) is -1.77. The van der Waals surface area contributed by atoms with Crippen LogP contribution >= 0.6 is 23.2 Å². The highest BCUT2D eigenvalue weighted by Crippen LogP contribution is 2.35. The number of nitrogens with one attached hydrogen (secondary N) is 1. The normalized spacial score (nSPS) is 16.5. The van der Waals surface area contributed by atoms with Crippen molar-refractivity contribution in [2.24, 2.45) is 0 Å². The molecule has 0 spiro atoms. The molecule has 1 atom stereocenters. The number of carboxylic acid groups (broad SMARTS) is 1. The third kappa shape index (κ3) is 6.36. The Hall–Kier alpha value is -2.38. The van der Waals surface area contributed by atoms with Crippen LogP contribution in [0.1, 0.15) is 40.7 Å². The zero-order valence-corrected chi connectivity index (χ0v) is 19.9. The van der Waals surface area contributed by atoms with E-state index in [0.29, 0.717) is 19.8 Å². The number of amides is 1. The van der Waals surface area contributed by atoms with E-state index >= 15 is 0 Å². The lowest BCUT2D eigenvalue weighted by Crippen LogP contribution is -2.40. The van der Waals surface area contributed by atoms with E-state index in [1.54, 1.807) is 19.3 Å². The van der Waals surface area contributed by atoms with E-state index in [2.05, 4.69) is 17.4 Å². The lowest BCUT2D eigenvalue weighted by Gasteiger charge is -2.37. The number of carbonyl (C=O) groups excluding carboxylic acids is 1. The molecule has 1 unspecified atom stereocenters. The summed E-state index contributed by atoms with van der Waals surface area (Å²) in [5.41, 5.74) is 2.15. The maximum atomic E-state index is 12.5. The Kier molecular flexibility index (Phi) is 8.92. The Labute approximate surface area is 203 Å². The van der Waals surface area contributed by atoms with Crippen LogP contribution in [0.3, 0.4) is 0 Å². The molecule has 176 valence electrons. The Morgan fingerprint density at radius 2 is 1.79 bits per heavy atom. The van der Waals surface area contributed by atoms with Crippen molar-refractivity contribution in [1.82, 2.24) is 5.32 Å². The van der Waals surface area contributed by atoms with Crippen molar-refractivity contribution in [1.29, 1.82) is 0 Å². The quantitative estimate of drug-likeness (QED) is 0.516. The number of hydrogen-bond donors (Lipinski definition) is 2. The molecule has 1 fully saturated rings. The summed E-state index contributed by atoms with van der Waals surface area (Å²) >= 11 is 12.1. The lowest BCUT2D eigenvalue weighted by molar-refractivity contribution is -0.139. The Bertz CT molecular complexity index is 975. The third-order valence-corrected chi connectivity index (χ3v) is 6.50. The zero-order chi connectivity index (χ0) is 23.8. The summed E-state index contributed by atoms with van der Waals surface area (Å²) in [7, 11) is 1.71. The molecule has 2 N–H and O–H groups in total. The zero-order valence-electron chi connectivity index (χ0n) is 18.4. The fraction of sp³-hybridized carbons (Fsp3) is 0.360. The van der Waals surface area contributed by atoms with Gasteiger partial charge in [-0.15, -0.1) is 0 Å². The molecular formula is C25H27Cl2NO5. The first-order chi connectivity index (χ1) is 15.9. The number of hydrogen-bond acceptors (Lipinski definition) is 4. The van der Waals surface area contributed by atoms with Crippen LogP contribution in [0.5, 0.6) is 0 Å². The molecule has 1 heterocycles. The van der Waals surface area contributed by atoms with Crippen LogP contribution < -0.4 is 5.32 Å². The second kappa shape index (κ2) is 11.7. The summed E-state index contributed by atoms with van der Waals surface area (Å²) in [4.78, 5) is 24.2. The van der Waals surface area contributed by atoms with Gasteiger partial charge in [-0.25, -0.2) is 4.79 Å². The SMILES string of the molecule is COCC1(c2ccc(/C=C/CC(NC(=O)c3c(Cl)cccc3Cl)C(=O)O)cc2)CCOCC1. The van der Waals surface area contributed by atoms with Gasteiger partial charge < -0.3 is 19.9 Å². The number of rotatable bonds is 9. The van der Waals surface area contributed by atoms with Gasteiger partial charge in [0.1, 0.15) is 6.04 Å². The molecule has 6 nitrogen and oxygen atoms in total. The second-order valence-electron chi connectivity index (χ2n) is 8.05. The van der Waals surface area contributed by atoms with Crippen LogP contribution in [0.25, 0.3) is 6.08 Å². The van der Waals surface area contributed by atoms with Gasteiger partial charge >= 0.3 is 5.97 Å². The first kappa shape index (κ1) is 25.2. The monoisotopic (exact) mass is 491 g/mol. The average molecular weight is 492 g/mol. The minimum Gasteiger partial charge on any atom is -0.480 e. The lowest BCUT2D eigenvalue weighted by atomic mass is 9.74. The number of carboxylic acids is 1. The van der Waals surface area contributed by atoms with Crippen LogP contribution in [0, 0.1) is 0 Å². The third-order valence-electron chi connectivity index (χ3n) is 5.87. The molecule has 0 radical (unpaired) electrons. The highest BCUT2D eigenvalue weighted by atomic mass is 35.5. The van der Waals surface area contributed by atoms with Gasteiger partial charge in [-0.3, -0.25) is 4.79 Å². The molecule has 1 saturated heterocycles. The summed E-state index contributed by atoms with van der Waals surface area (Å²) in [5, 5.41) is 12.3. The average Bonchev–Trinajstić information content (AvgIpc) is 2.79. The number of benzene rings is 2. The van der Waals surface area contributed by atoms with Gasteiger partial charge in [0.15, 0.2) is 0 Å². The fourth-order valence-electron chi connectivity index (χ4n) is 4.01. The van der Waals surface area contributed by atoms with Gasteiger partial charge in [0.2, 0.25) is 0 Å². The maximum Gasteiger partial charge on any atom is 0.326 e. The molecule has 1 amide bonds. The van der Waals surface area contributed by atoms with Crippen molar-refractivity contribution in [2.75, 3.05) is 26.9 Å². The van der Waals surface area contributed by atoms with E-state index in [-0.39, 0.29) is 27.4 Å². The van der Waals surface area contributed by atoms with E-state index in [1.165, 1.54) is 17.7 Å². The molecular weight excluding hydrogens is 465 g/mol. The number of aliphatic carboxylic acids is 1. The molecule has 1 aliphatic heterocycles. The minimum absolute atomic E-state index is 0.0477. The highest BCUT2D eigenvalue weighted by molar-refractivity contribution is 6.39. The van der Waals surface area contributed by atoms with Gasteiger partial charge in [-0.2, -0.15) is 0 Å². The smallest absolute Gasteiger partial charge is 0.326 e. The molecule has 2 aromatic carbocycles. The second-order valence-corrected chi connectivity index (χ2v) is 8.86. The number of carbonyl (C=O) groups is 2. The van der Waals surface area contributed by atoms with Gasteiger partial charge in [-0.1, -0.05) is 65.7 Å². The topological polar surface area (TPSA) is 84.9 Å². The summed E-state index contributed by atoms with van der Waals surface area (Å²) in [6.07, 6.45) is 5.48. The van der Waals surface area contributed by atoms with E-state index in [9.17, 15) is 14.7 Å². The van der Waals surface area contributed by atoms with Crippen molar-refractivity contribution >= 4 is 41.2 Å². The van der Waals surface area contributed by atoms with Crippen LogP contribution in [0.4, 0.5) is 0 Å². The Morgan fingerprint density at radius 1 is 1.15 bits per heavy atom. The fourth-order valence-corrected chi connectivity index (χ4v) is 4.58. The van der Waals surface area contributed by atoms with Crippen LogP contribution in [0.15, 0.2) is 48.5 Å². The molecule has 8 heteroatoms. The highest BCUT2D eigenvalue weighted by Gasteiger charge is 2.34.